The summed E-state index contributed by atoms with van der Waals surface area (Å²) in [5.74, 6) is 0.534. The van der Waals surface area contributed by atoms with E-state index in [9.17, 15) is 4.79 Å². The summed E-state index contributed by atoms with van der Waals surface area (Å²) in [6, 6.07) is 10.5. The summed E-state index contributed by atoms with van der Waals surface area (Å²) in [6.07, 6.45) is 1.59. The predicted molar refractivity (Wildman–Crippen MR) is 93.1 cm³/mol. The van der Waals surface area contributed by atoms with Gasteiger partial charge in [0, 0.05) is 11.6 Å². The van der Waals surface area contributed by atoms with Gasteiger partial charge in [0.15, 0.2) is 0 Å². The number of hydrogen-bond acceptors (Lipinski definition) is 3. The van der Waals surface area contributed by atoms with Crippen molar-refractivity contribution in [1.82, 2.24) is 4.90 Å². The Morgan fingerprint density at radius 2 is 2.04 bits per heavy atom. The number of benzene rings is 1. The zero-order valence-corrected chi connectivity index (χ0v) is 14.4. The van der Waals surface area contributed by atoms with E-state index >= 15 is 0 Å². The largest absolute Gasteiger partial charge is 0.467 e. The van der Waals surface area contributed by atoms with Crippen LogP contribution in [-0.2, 0) is 13.1 Å². The fourth-order valence-corrected chi connectivity index (χ4v) is 3.26. The van der Waals surface area contributed by atoms with E-state index in [2.05, 4.69) is 0 Å². The highest BCUT2D eigenvalue weighted by Crippen LogP contribution is 2.24. The average Bonchev–Trinajstić information content (AvgIpc) is 3.22. The van der Waals surface area contributed by atoms with Crippen molar-refractivity contribution in [2.24, 2.45) is 0 Å². The minimum absolute atomic E-state index is 0.180. The molecule has 3 aromatic rings. The monoisotopic (exact) mass is 365 g/mol. The van der Waals surface area contributed by atoms with E-state index < -0.39 is 0 Å². The van der Waals surface area contributed by atoms with Crippen LogP contribution in [0.2, 0.25) is 10.0 Å². The summed E-state index contributed by atoms with van der Waals surface area (Å²) in [5.41, 5.74) is 1.45. The maximum atomic E-state index is 12.9. The van der Waals surface area contributed by atoms with Gasteiger partial charge in [-0.1, -0.05) is 23.2 Å². The molecule has 6 heteroatoms. The van der Waals surface area contributed by atoms with E-state index in [0.717, 1.165) is 5.56 Å². The van der Waals surface area contributed by atoms with E-state index in [1.807, 2.05) is 22.9 Å². The lowest BCUT2D eigenvalue weighted by atomic mass is 10.1. The normalized spacial score (nSPS) is 10.7. The average molecular weight is 366 g/mol. The van der Waals surface area contributed by atoms with Gasteiger partial charge in [-0.2, -0.15) is 11.3 Å². The maximum absolute atomic E-state index is 12.9. The minimum atomic E-state index is -0.180. The van der Waals surface area contributed by atoms with Crippen molar-refractivity contribution in [2.45, 2.75) is 13.1 Å². The van der Waals surface area contributed by atoms with Crippen LogP contribution in [0.5, 0.6) is 0 Å². The Balaban J connectivity index is 1.89. The number of amides is 1. The number of thiophene rings is 1. The summed E-state index contributed by atoms with van der Waals surface area (Å²) in [7, 11) is 0. The predicted octanol–water partition coefficient (Wildman–Crippen LogP) is 5.49. The number of carbonyl (C=O) groups is 1. The van der Waals surface area contributed by atoms with Gasteiger partial charge in [0.25, 0.3) is 5.91 Å². The first-order valence-corrected chi connectivity index (χ1v) is 8.61. The quantitative estimate of drug-likeness (QED) is 0.598. The molecule has 3 rings (SSSR count). The Hall–Kier alpha value is -1.75. The molecule has 3 nitrogen and oxygen atoms in total. The van der Waals surface area contributed by atoms with Crippen LogP contribution in [0.4, 0.5) is 0 Å². The van der Waals surface area contributed by atoms with E-state index in [-0.39, 0.29) is 5.91 Å². The molecule has 1 amide bonds. The zero-order chi connectivity index (χ0) is 16.2. The van der Waals surface area contributed by atoms with Gasteiger partial charge in [0.05, 0.1) is 23.4 Å². The molecular weight excluding hydrogens is 353 g/mol. The molecule has 118 valence electrons. The van der Waals surface area contributed by atoms with Crippen molar-refractivity contribution < 1.29 is 9.21 Å². The van der Waals surface area contributed by atoms with Crippen LogP contribution in [0.25, 0.3) is 0 Å². The van der Waals surface area contributed by atoms with Gasteiger partial charge < -0.3 is 9.32 Å². The number of hydrogen-bond donors (Lipinski definition) is 0. The number of rotatable bonds is 5. The van der Waals surface area contributed by atoms with Crippen LogP contribution < -0.4 is 0 Å². The van der Waals surface area contributed by atoms with Gasteiger partial charge in [-0.3, -0.25) is 4.79 Å². The Kier molecular flexibility index (Phi) is 5.06. The lowest BCUT2D eigenvalue weighted by Gasteiger charge is -2.22. The molecule has 0 aliphatic carbocycles. The second-order valence-corrected chi connectivity index (χ2v) is 6.62. The van der Waals surface area contributed by atoms with Gasteiger partial charge in [-0.05, 0) is 52.7 Å². The Morgan fingerprint density at radius 1 is 1.17 bits per heavy atom. The first-order chi connectivity index (χ1) is 11.1. The highest BCUT2D eigenvalue weighted by molar-refractivity contribution is 7.07. The molecule has 23 heavy (non-hydrogen) atoms. The van der Waals surface area contributed by atoms with Crippen LogP contribution in [-0.4, -0.2) is 10.8 Å². The summed E-state index contributed by atoms with van der Waals surface area (Å²) in [6.45, 7) is 0.844. The molecule has 0 bridgehead atoms. The van der Waals surface area contributed by atoms with Crippen molar-refractivity contribution in [3.8, 4) is 0 Å². The highest BCUT2D eigenvalue weighted by Gasteiger charge is 2.20. The van der Waals surface area contributed by atoms with Crippen LogP contribution in [0, 0.1) is 0 Å². The van der Waals surface area contributed by atoms with Crippen molar-refractivity contribution in [1.29, 1.82) is 0 Å². The van der Waals surface area contributed by atoms with Gasteiger partial charge in [-0.25, -0.2) is 0 Å². The molecule has 0 aliphatic rings. The number of nitrogens with zero attached hydrogens (tertiary/aromatic N) is 1. The third-order valence-electron chi connectivity index (χ3n) is 3.33. The molecule has 0 unspecified atom stereocenters. The smallest absolute Gasteiger partial charge is 0.256 e. The molecule has 0 saturated heterocycles. The first kappa shape index (κ1) is 16.1. The van der Waals surface area contributed by atoms with Gasteiger partial charge >= 0.3 is 0 Å². The maximum Gasteiger partial charge on any atom is 0.256 e. The standard InChI is InChI=1S/C17H13Cl2NO2S/c18-13-3-4-16(19)15(8-13)17(21)20(9-12-5-7-23-11-12)10-14-2-1-6-22-14/h1-8,11H,9-10H2. The topological polar surface area (TPSA) is 33.5 Å². The van der Waals surface area contributed by atoms with Crippen LogP contribution in [0.3, 0.4) is 0 Å². The number of carbonyl (C=O) groups excluding carboxylic acids is 1. The Morgan fingerprint density at radius 3 is 2.74 bits per heavy atom. The van der Waals surface area contributed by atoms with E-state index in [0.29, 0.717) is 34.5 Å². The summed E-state index contributed by atoms with van der Waals surface area (Å²) < 4.78 is 5.37. The van der Waals surface area contributed by atoms with Gasteiger partial charge in [-0.15, -0.1) is 0 Å². The van der Waals surface area contributed by atoms with Gasteiger partial charge in [0.1, 0.15) is 5.76 Å². The molecule has 2 aromatic heterocycles. The third kappa shape index (κ3) is 3.96. The number of furan rings is 1. The molecule has 0 N–H and O–H groups in total. The molecule has 0 spiro atoms. The van der Waals surface area contributed by atoms with Crippen molar-refractivity contribution >= 4 is 40.4 Å². The molecule has 0 atom stereocenters. The summed E-state index contributed by atoms with van der Waals surface area (Å²) >= 11 is 13.8. The van der Waals surface area contributed by atoms with Gasteiger partial charge in [0.2, 0.25) is 0 Å². The molecule has 0 aliphatic heterocycles. The van der Waals surface area contributed by atoms with E-state index in [1.165, 1.54) is 0 Å². The molecule has 0 fully saturated rings. The fraction of sp³-hybridized carbons (Fsp3) is 0.118. The molecular formula is C17H13Cl2NO2S. The summed E-state index contributed by atoms with van der Waals surface area (Å²) in [4.78, 5) is 14.6. The van der Waals surface area contributed by atoms with Crippen molar-refractivity contribution in [3.63, 3.8) is 0 Å². The van der Waals surface area contributed by atoms with Crippen LogP contribution in [0.1, 0.15) is 21.7 Å². The summed E-state index contributed by atoms with van der Waals surface area (Å²) in [5, 5.41) is 4.86. The van der Waals surface area contributed by atoms with Crippen LogP contribution >= 0.6 is 34.5 Å². The SMILES string of the molecule is O=C(c1cc(Cl)ccc1Cl)N(Cc1ccsc1)Cc1ccco1. The minimum Gasteiger partial charge on any atom is -0.467 e. The Labute approximate surface area is 148 Å². The molecule has 0 saturated carbocycles. The van der Waals surface area contributed by atoms with Crippen molar-refractivity contribution in [2.75, 3.05) is 0 Å². The molecule has 2 heterocycles. The zero-order valence-electron chi connectivity index (χ0n) is 12.0. The lowest BCUT2D eigenvalue weighted by molar-refractivity contribution is 0.0718. The second kappa shape index (κ2) is 7.21. The molecule has 0 radical (unpaired) electrons. The van der Waals surface area contributed by atoms with E-state index in [4.69, 9.17) is 27.6 Å². The lowest BCUT2D eigenvalue weighted by Crippen LogP contribution is -2.30. The Bertz CT molecular complexity index is 749. The van der Waals surface area contributed by atoms with E-state index in [1.54, 1.807) is 46.8 Å². The highest BCUT2D eigenvalue weighted by atomic mass is 35.5. The first-order valence-electron chi connectivity index (χ1n) is 6.91. The fourth-order valence-electron chi connectivity index (χ4n) is 2.22. The number of halogens is 2. The molecule has 1 aromatic carbocycles. The second-order valence-electron chi connectivity index (χ2n) is 5.00. The van der Waals surface area contributed by atoms with Crippen LogP contribution in [0.15, 0.2) is 57.8 Å². The van der Waals surface area contributed by atoms with Crippen molar-refractivity contribution in [3.05, 3.63) is 80.4 Å². The third-order valence-corrected chi connectivity index (χ3v) is 4.62.